The van der Waals surface area contributed by atoms with Gasteiger partial charge in [0.15, 0.2) is 0 Å². The van der Waals surface area contributed by atoms with Gasteiger partial charge in [-0.2, -0.15) is 0 Å². The highest BCUT2D eigenvalue weighted by molar-refractivity contribution is 5.94. The molecule has 0 atom stereocenters. The normalized spacial score (nSPS) is 14.6. The zero-order chi connectivity index (χ0) is 13.2. The minimum atomic E-state index is -0.0108. The predicted octanol–water partition coefficient (Wildman–Crippen LogP) is 3.19. The molecule has 3 nitrogen and oxygen atoms in total. The third-order valence-corrected chi connectivity index (χ3v) is 3.39. The first-order chi connectivity index (χ1) is 9.24. The molecule has 1 saturated heterocycles. The van der Waals surface area contributed by atoms with Crippen LogP contribution in [0.25, 0.3) is 11.1 Å². The third kappa shape index (κ3) is 2.32. The molecule has 1 fully saturated rings. The van der Waals surface area contributed by atoms with Gasteiger partial charge in [-0.1, -0.05) is 42.0 Å². The number of hydrogen-bond acceptors (Lipinski definition) is 1. The summed E-state index contributed by atoms with van der Waals surface area (Å²) in [5, 5.41) is 2.81. The van der Waals surface area contributed by atoms with Crippen molar-refractivity contribution >= 4 is 11.7 Å². The van der Waals surface area contributed by atoms with E-state index in [0.717, 1.165) is 18.8 Å². The van der Waals surface area contributed by atoms with Crippen LogP contribution in [0, 0.1) is 6.92 Å². The molecule has 2 amide bonds. The molecule has 0 unspecified atom stereocenters. The molecule has 96 valence electrons. The highest BCUT2D eigenvalue weighted by atomic mass is 16.2. The van der Waals surface area contributed by atoms with Gasteiger partial charge in [-0.25, -0.2) is 4.79 Å². The number of nitrogens with zero attached hydrogens (tertiary/aromatic N) is 1. The molecule has 0 aromatic heterocycles. The van der Waals surface area contributed by atoms with Crippen LogP contribution in [0.5, 0.6) is 0 Å². The summed E-state index contributed by atoms with van der Waals surface area (Å²) in [6.45, 7) is 3.55. The van der Waals surface area contributed by atoms with Crippen LogP contribution in [-0.4, -0.2) is 19.1 Å². The van der Waals surface area contributed by atoms with Gasteiger partial charge in [0.1, 0.15) is 0 Å². The molecule has 1 aliphatic rings. The number of urea groups is 1. The van der Waals surface area contributed by atoms with E-state index in [-0.39, 0.29) is 6.03 Å². The van der Waals surface area contributed by atoms with Crippen molar-refractivity contribution in [3.8, 4) is 11.1 Å². The minimum Gasteiger partial charge on any atom is -0.336 e. The maximum atomic E-state index is 11.6. The molecule has 2 aromatic rings. The Morgan fingerprint density at radius 3 is 2.47 bits per heavy atom. The van der Waals surface area contributed by atoms with E-state index in [2.05, 4.69) is 48.6 Å². The minimum absolute atomic E-state index is 0.0108. The largest absolute Gasteiger partial charge is 0.336 e. The van der Waals surface area contributed by atoms with Crippen LogP contribution < -0.4 is 10.2 Å². The number of benzene rings is 2. The van der Waals surface area contributed by atoms with Crippen molar-refractivity contribution in [2.24, 2.45) is 0 Å². The molecular weight excluding hydrogens is 236 g/mol. The summed E-state index contributed by atoms with van der Waals surface area (Å²) >= 11 is 0. The summed E-state index contributed by atoms with van der Waals surface area (Å²) in [5.74, 6) is 0. The third-order valence-electron chi connectivity index (χ3n) is 3.39. The second kappa shape index (κ2) is 4.76. The molecule has 0 radical (unpaired) electrons. The van der Waals surface area contributed by atoms with Gasteiger partial charge < -0.3 is 5.32 Å². The zero-order valence-corrected chi connectivity index (χ0v) is 10.9. The molecule has 2 aromatic carbocycles. The number of anilines is 1. The first-order valence-corrected chi connectivity index (χ1v) is 6.46. The molecular formula is C16H16N2O. The second-order valence-electron chi connectivity index (χ2n) is 4.80. The number of carbonyl (C=O) groups is 1. The van der Waals surface area contributed by atoms with Gasteiger partial charge in [-0.15, -0.1) is 0 Å². The van der Waals surface area contributed by atoms with Crippen molar-refractivity contribution in [1.29, 1.82) is 0 Å². The van der Waals surface area contributed by atoms with Crippen LogP contribution in [0.3, 0.4) is 0 Å². The average molecular weight is 252 g/mol. The van der Waals surface area contributed by atoms with Gasteiger partial charge in [-0.05, 0) is 30.2 Å². The fourth-order valence-electron chi connectivity index (χ4n) is 2.38. The Hall–Kier alpha value is -2.29. The molecule has 3 rings (SSSR count). The van der Waals surface area contributed by atoms with Crippen molar-refractivity contribution in [2.45, 2.75) is 6.92 Å². The molecule has 1 aliphatic heterocycles. The van der Waals surface area contributed by atoms with Crippen molar-refractivity contribution in [3.63, 3.8) is 0 Å². The fraction of sp³-hybridized carbons (Fsp3) is 0.188. The number of rotatable bonds is 2. The van der Waals surface area contributed by atoms with Crippen LogP contribution in [0.1, 0.15) is 5.56 Å². The van der Waals surface area contributed by atoms with Crippen molar-refractivity contribution in [2.75, 3.05) is 18.0 Å². The quantitative estimate of drug-likeness (QED) is 0.874. The number of amides is 2. The van der Waals surface area contributed by atoms with Crippen LogP contribution in [0.15, 0.2) is 48.5 Å². The Balaban J connectivity index is 1.88. The highest BCUT2D eigenvalue weighted by Gasteiger charge is 2.20. The van der Waals surface area contributed by atoms with Crippen LogP contribution in [0.2, 0.25) is 0 Å². The molecule has 1 N–H and O–H groups in total. The topological polar surface area (TPSA) is 32.3 Å². The van der Waals surface area contributed by atoms with E-state index in [1.165, 1.54) is 16.7 Å². The average Bonchev–Trinajstić information content (AvgIpc) is 2.85. The number of aryl methyl sites for hydroxylation is 1. The van der Waals surface area contributed by atoms with Gasteiger partial charge in [0.2, 0.25) is 0 Å². The Kier molecular flexibility index (Phi) is 2.95. The van der Waals surface area contributed by atoms with Gasteiger partial charge in [0.25, 0.3) is 0 Å². The summed E-state index contributed by atoms with van der Waals surface area (Å²) in [7, 11) is 0. The Morgan fingerprint density at radius 1 is 1.05 bits per heavy atom. The van der Waals surface area contributed by atoms with Crippen LogP contribution >= 0.6 is 0 Å². The number of carbonyl (C=O) groups excluding carboxylic acids is 1. The summed E-state index contributed by atoms with van der Waals surface area (Å²) in [4.78, 5) is 13.4. The van der Waals surface area contributed by atoms with Crippen molar-refractivity contribution in [3.05, 3.63) is 54.1 Å². The first-order valence-electron chi connectivity index (χ1n) is 6.46. The summed E-state index contributed by atoms with van der Waals surface area (Å²) in [6, 6.07) is 16.5. The van der Waals surface area contributed by atoms with Gasteiger partial charge in [0.05, 0.1) is 0 Å². The number of hydrogen-bond donors (Lipinski definition) is 1. The number of nitrogens with one attached hydrogen (secondary N) is 1. The molecule has 0 saturated carbocycles. The maximum Gasteiger partial charge on any atom is 0.321 e. The standard InChI is InChI=1S/C16H16N2O/c1-12-3-2-4-14(11-12)13-5-7-15(8-6-13)18-10-9-17-16(18)19/h2-8,11H,9-10H2,1H3,(H,17,19). The van der Waals surface area contributed by atoms with Crippen LogP contribution in [0.4, 0.5) is 10.5 Å². The predicted molar refractivity (Wildman–Crippen MR) is 77.4 cm³/mol. The van der Waals surface area contributed by atoms with E-state index >= 15 is 0 Å². The zero-order valence-electron chi connectivity index (χ0n) is 10.9. The highest BCUT2D eigenvalue weighted by Crippen LogP contribution is 2.24. The lowest BCUT2D eigenvalue weighted by Crippen LogP contribution is -2.27. The second-order valence-corrected chi connectivity index (χ2v) is 4.80. The van der Waals surface area contributed by atoms with Gasteiger partial charge in [-0.3, -0.25) is 4.90 Å². The van der Waals surface area contributed by atoms with Gasteiger partial charge in [0, 0.05) is 18.8 Å². The first kappa shape index (κ1) is 11.8. The molecule has 19 heavy (non-hydrogen) atoms. The molecule has 0 bridgehead atoms. The van der Waals surface area contributed by atoms with Crippen LogP contribution in [-0.2, 0) is 0 Å². The molecule has 3 heteroatoms. The lowest BCUT2D eigenvalue weighted by Gasteiger charge is -2.14. The summed E-state index contributed by atoms with van der Waals surface area (Å²) in [6.07, 6.45) is 0. The molecule has 0 spiro atoms. The monoisotopic (exact) mass is 252 g/mol. The SMILES string of the molecule is Cc1cccc(-c2ccc(N3CCNC3=O)cc2)c1. The molecule has 1 heterocycles. The molecule has 0 aliphatic carbocycles. The van der Waals surface area contributed by atoms with E-state index in [1.54, 1.807) is 4.90 Å². The Labute approximate surface area is 112 Å². The Bertz CT molecular complexity index is 604. The lowest BCUT2D eigenvalue weighted by molar-refractivity contribution is 0.252. The summed E-state index contributed by atoms with van der Waals surface area (Å²) in [5.41, 5.74) is 4.58. The van der Waals surface area contributed by atoms with Crippen molar-refractivity contribution < 1.29 is 4.79 Å². The fourth-order valence-corrected chi connectivity index (χ4v) is 2.38. The van der Waals surface area contributed by atoms with E-state index in [0.29, 0.717) is 0 Å². The summed E-state index contributed by atoms with van der Waals surface area (Å²) < 4.78 is 0. The van der Waals surface area contributed by atoms with E-state index < -0.39 is 0 Å². The van der Waals surface area contributed by atoms with E-state index in [4.69, 9.17) is 0 Å². The van der Waals surface area contributed by atoms with E-state index in [1.807, 2.05) is 12.1 Å². The lowest BCUT2D eigenvalue weighted by atomic mass is 10.0. The van der Waals surface area contributed by atoms with E-state index in [9.17, 15) is 4.79 Å². The van der Waals surface area contributed by atoms with Crippen molar-refractivity contribution in [1.82, 2.24) is 5.32 Å². The smallest absolute Gasteiger partial charge is 0.321 e. The van der Waals surface area contributed by atoms with Gasteiger partial charge >= 0.3 is 6.03 Å². The maximum absolute atomic E-state index is 11.6. The Morgan fingerprint density at radius 2 is 1.84 bits per heavy atom.